The largest absolute Gasteiger partial charge is 0.345 e. The number of ketones is 1. The summed E-state index contributed by atoms with van der Waals surface area (Å²) in [6, 6.07) is -1.37. The van der Waals surface area contributed by atoms with Crippen molar-refractivity contribution in [1.29, 1.82) is 0 Å². The van der Waals surface area contributed by atoms with Gasteiger partial charge in [0.05, 0.1) is 18.6 Å². The molecule has 21 heavy (non-hydrogen) atoms. The highest BCUT2D eigenvalue weighted by Gasteiger charge is 2.47. The third kappa shape index (κ3) is 3.99. The summed E-state index contributed by atoms with van der Waals surface area (Å²) in [6.45, 7) is 1.06. The molecule has 1 aliphatic carbocycles. The molecule has 0 bridgehead atoms. The van der Waals surface area contributed by atoms with Crippen molar-refractivity contribution in [3.05, 3.63) is 0 Å². The van der Waals surface area contributed by atoms with Crippen LogP contribution in [0, 0.1) is 5.92 Å². The van der Waals surface area contributed by atoms with Gasteiger partial charge in [0.15, 0.2) is 5.78 Å². The topological polar surface area (TPSA) is 49.4 Å². The van der Waals surface area contributed by atoms with Crippen LogP contribution in [0.3, 0.4) is 0 Å². The zero-order valence-corrected chi connectivity index (χ0v) is 12.7. The minimum Gasteiger partial charge on any atom is -0.345 e. The number of likely N-dealkylation sites (tertiary alicyclic amines) is 1. The van der Waals surface area contributed by atoms with E-state index in [9.17, 15) is 18.4 Å². The van der Waals surface area contributed by atoms with E-state index in [1.807, 2.05) is 0 Å². The van der Waals surface area contributed by atoms with Crippen LogP contribution in [0.1, 0.15) is 45.4 Å². The second kappa shape index (κ2) is 6.38. The summed E-state index contributed by atoms with van der Waals surface area (Å²) in [5.41, 5.74) is 0. The van der Waals surface area contributed by atoms with Gasteiger partial charge >= 0.3 is 0 Å². The summed E-state index contributed by atoms with van der Waals surface area (Å²) in [5, 5.41) is 2.73. The Kier molecular flexibility index (Phi) is 4.96. The van der Waals surface area contributed by atoms with Crippen molar-refractivity contribution < 1.29 is 18.4 Å². The molecule has 4 nitrogen and oxygen atoms in total. The van der Waals surface area contributed by atoms with Crippen LogP contribution < -0.4 is 5.32 Å². The summed E-state index contributed by atoms with van der Waals surface area (Å²) in [7, 11) is 1.52. The van der Waals surface area contributed by atoms with E-state index in [4.69, 9.17) is 0 Å². The predicted molar refractivity (Wildman–Crippen MR) is 75.2 cm³/mol. The molecule has 0 aromatic rings. The lowest BCUT2D eigenvalue weighted by molar-refractivity contribution is -0.131. The van der Waals surface area contributed by atoms with Crippen LogP contribution in [0.5, 0.6) is 0 Å². The quantitative estimate of drug-likeness (QED) is 0.864. The Labute approximate surface area is 124 Å². The lowest BCUT2D eigenvalue weighted by Gasteiger charge is -2.30. The first-order valence-electron chi connectivity index (χ1n) is 7.69. The lowest BCUT2D eigenvalue weighted by Crippen LogP contribution is -2.51. The number of likely N-dealkylation sites (N-methyl/N-ethyl adjacent to an activating group) is 1. The Hall–Kier alpha value is -1.04. The number of amides is 1. The van der Waals surface area contributed by atoms with Gasteiger partial charge < -0.3 is 5.32 Å². The van der Waals surface area contributed by atoms with Gasteiger partial charge in [-0.3, -0.25) is 14.5 Å². The molecule has 2 fully saturated rings. The van der Waals surface area contributed by atoms with Crippen LogP contribution >= 0.6 is 0 Å². The van der Waals surface area contributed by atoms with E-state index in [2.05, 4.69) is 5.32 Å². The molecular formula is C15H24F2N2O2. The number of Topliss-reactive ketones (excluding diaryl/α,β-unsaturated/α-hetero) is 1. The maximum atomic E-state index is 13.4. The Balaban J connectivity index is 2.00. The summed E-state index contributed by atoms with van der Waals surface area (Å²) in [6.07, 6.45) is 4.65. The van der Waals surface area contributed by atoms with E-state index in [1.54, 1.807) is 0 Å². The third-order valence-electron chi connectivity index (χ3n) is 4.66. The molecule has 0 aromatic carbocycles. The number of hydrogen-bond donors (Lipinski definition) is 1. The van der Waals surface area contributed by atoms with Crippen molar-refractivity contribution in [1.82, 2.24) is 10.2 Å². The van der Waals surface area contributed by atoms with E-state index < -0.39 is 36.9 Å². The fourth-order valence-electron chi connectivity index (χ4n) is 3.54. The van der Waals surface area contributed by atoms with E-state index in [1.165, 1.54) is 18.9 Å². The van der Waals surface area contributed by atoms with E-state index in [-0.39, 0.29) is 11.7 Å². The summed E-state index contributed by atoms with van der Waals surface area (Å²) in [4.78, 5) is 25.5. The monoisotopic (exact) mass is 302 g/mol. The minimum atomic E-state index is -2.83. The Morgan fingerprint density at radius 1 is 1.24 bits per heavy atom. The third-order valence-corrected chi connectivity index (χ3v) is 4.66. The number of carbonyl (C=O) groups excluding carboxylic acids is 2. The van der Waals surface area contributed by atoms with E-state index in [0.29, 0.717) is 0 Å². The van der Waals surface area contributed by atoms with Gasteiger partial charge in [-0.25, -0.2) is 8.78 Å². The van der Waals surface area contributed by atoms with E-state index in [0.717, 1.165) is 32.1 Å². The maximum Gasteiger partial charge on any atom is 0.262 e. The Morgan fingerprint density at radius 2 is 1.86 bits per heavy atom. The first-order chi connectivity index (χ1) is 9.80. The molecule has 0 spiro atoms. The predicted octanol–water partition coefficient (Wildman–Crippen LogP) is 1.98. The summed E-state index contributed by atoms with van der Waals surface area (Å²) < 4.78 is 26.7. The number of halogens is 2. The van der Waals surface area contributed by atoms with E-state index >= 15 is 0 Å². The zero-order chi connectivity index (χ0) is 15.6. The first-order valence-corrected chi connectivity index (χ1v) is 7.69. The van der Waals surface area contributed by atoms with Crippen molar-refractivity contribution in [3.63, 3.8) is 0 Å². The number of nitrogens with one attached hydrogen (secondary N) is 1. The highest BCUT2D eigenvalue weighted by atomic mass is 19.3. The van der Waals surface area contributed by atoms with Crippen molar-refractivity contribution in [2.24, 2.45) is 5.92 Å². The van der Waals surface area contributed by atoms with Gasteiger partial charge in [0.25, 0.3) is 5.92 Å². The lowest BCUT2D eigenvalue weighted by atomic mass is 9.82. The molecule has 120 valence electrons. The zero-order valence-electron chi connectivity index (χ0n) is 12.7. The fourth-order valence-corrected chi connectivity index (χ4v) is 3.54. The van der Waals surface area contributed by atoms with Gasteiger partial charge in [-0.1, -0.05) is 19.3 Å². The summed E-state index contributed by atoms with van der Waals surface area (Å²) in [5.74, 6) is -3.21. The normalized spacial score (nSPS) is 28.3. The van der Waals surface area contributed by atoms with Crippen molar-refractivity contribution in [2.45, 2.75) is 63.5 Å². The molecule has 1 saturated carbocycles. The van der Waals surface area contributed by atoms with Gasteiger partial charge in [0.2, 0.25) is 5.91 Å². The molecule has 2 rings (SSSR count). The molecule has 6 heteroatoms. The van der Waals surface area contributed by atoms with Crippen molar-refractivity contribution in [2.75, 3.05) is 13.6 Å². The number of nitrogens with zero attached hydrogens (tertiary/aromatic N) is 1. The molecule has 2 atom stereocenters. The summed E-state index contributed by atoms with van der Waals surface area (Å²) >= 11 is 0. The van der Waals surface area contributed by atoms with Crippen LogP contribution in [-0.2, 0) is 9.59 Å². The number of hydrogen-bond acceptors (Lipinski definition) is 3. The molecule has 1 saturated heterocycles. The average Bonchev–Trinajstić information content (AvgIpc) is 2.69. The molecular weight excluding hydrogens is 278 g/mol. The highest BCUT2D eigenvalue weighted by Crippen LogP contribution is 2.31. The highest BCUT2D eigenvalue weighted by molar-refractivity contribution is 5.90. The molecule has 1 aliphatic heterocycles. The first kappa shape index (κ1) is 16.3. The smallest absolute Gasteiger partial charge is 0.262 e. The van der Waals surface area contributed by atoms with Crippen LogP contribution in [0.2, 0.25) is 0 Å². The molecule has 1 N–H and O–H groups in total. The van der Waals surface area contributed by atoms with Crippen LogP contribution in [0.15, 0.2) is 0 Å². The van der Waals surface area contributed by atoms with Gasteiger partial charge in [-0.2, -0.15) is 0 Å². The molecule has 0 aromatic heterocycles. The number of alkyl halides is 2. The van der Waals surface area contributed by atoms with Gasteiger partial charge in [-0.15, -0.1) is 0 Å². The fraction of sp³-hybridized carbons (Fsp3) is 0.867. The minimum absolute atomic E-state index is 0.0809. The molecule has 0 radical (unpaired) electrons. The average molecular weight is 302 g/mol. The van der Waals surface area contributed by atoms with Crippen LogP contribution in [-0.4, -0.2) is 48.2 Å². The van der Waals surface area contributed by atoms with Crippen LogP contribution in [0.4, 0.5) is 8.78 Å². The van der Waals surface area contributed by atoms with Gasteiger partial charge in [0, 0.05) is 6.42 Å². The SMILES string of the molecule is CC(=O)[C@@H](NC(=O)[C@@H]1CC(F)(F)CN1C)C1CCCCC1. The Morgan fingerprint density at radius 3 is 2.33 bits per heavy atom. The van der Waals surface area contributed by atoms with Gasteiger partial charge in [-0.05, 0) is 32.7 Å². The molecule has 0 unspecified atom stereocenters. The Bertz CT molecular complexity index is 408. The van der Waals surface area contributed by atoms with Gasteiger partial charge in [0.1, 0.15) is 0 Å². The second-order valence-electron chi connectivity index (χ2n) is 6.49. The second-order valence-corrected chi connectivity index (χ2v) is 6.49. The van der Waals surface area contributed by atoms with Crippen molar-refractivity contribution >= 4 is 11.7 Å². The molecule has 2 aliphatic rings. The number of carbonyl (C=O) groups is 2. The molecule has 1 amide bonds. The standard InChI is InChI=1S/C15H24F2N2O2/c1-10(20)13(11-6-4-3-5-7-11)18-14(21)12-8-15(16,17)9-19(12)2/h11-13H,3-9H2,1-2H3,(H,18,21)/t12-,13+/m0/s1. The van der Waals surface area contributed by atoms with Crippen molar-refractivity contribution in [3.8, 4) is 0 Å². The number of rotatable bonds is 4. The molecule has 1 heterocycles. The maximum absolute atomic E-state index is 13.4. The van der Waals surface area contributed by atoms with Crippen LogP contribution in [0.25, 0.3) is 0 Å².